The van der Waals surface area contributed by atoms with Crippen LogP contribution in [-0.2, 0) is 11.3 Å². The molecule has 2 aromatic carbocycles. The zero-order valence-corrected chi connectivity index (χ0v) is 15.9. The van der Waals surface area contributed by atoms with Gasteiger partial charge in [0.1, 0.15) is 5.82 Å². The third-order valence-corrected chi connectivity index (χ3v) is 5.00. The quantitative estimate of drug-likeness (QED) is 0.704. The highest BCUT2D eigenvalue weighted by Gasteiger charge is 2.34. The summed E-state index contributed by atoms with van der Waals surface area (Å²) >= 11 is 0.912. The van der Waals surface area contributed by atoms with Crippen molar-refractivity contribution in [1.29, 1.82) is 0 Å². The fourth-order valence-corrected chi connectivity index (χ4v) is 3.34. The molecule has 4 nitrogen and oxygen atoms in total. The SMILES string of the molecule is CN(C)c1ccc(/C=C/C=C2\SC(=O)N(Cc3ccc(F)cc3)C2=O)cc1. The first kappa shape index (κ1) is 18.9. The third-order valence-electron chi connectivity index (χ3n) is 4.07. The number of nitrogens with zero attached hydrogens (tertiary/aromatic N) is 2. The third kappa shape index (κ3) is 4.65. The van der Waals surface area contributed by atoms with Crippen LogP contribution < -0.4 is 4.90 Å². The summed E-state index contributed by atoms with van der Waals surface area (Å²) in [5.41, 5.74) is 2.81. The van der Waals surface area contributed by atoms with E-state index < -0.39 is 0 Å². The summed E-state index contributed by atoms with van der Waals surface area (Å²) in [6.45, 7) is 0.137. The predicted octanol–water partition coefficient (Wildman–Crippen LogP) is 4.68. The van der Waals surface area contributed by atoms with Crippen molar-refractivity contribution in [2.75, 3.05) is 19.0 Å². The van der Waals surface area contributed by atoms with Crippen LogP contribution in [0.25, 0.3) is 6.08 Å². The molecule has 0 spiro atoms. The van der Waals surface area contributed by atoms with Crippen LogP contribution in [-0.4, -0.2) is 30.1 Å². The van der Waals surface area contributed by atoms with E-state index in [-0.39, 0.29) is 23.5 Å². The summed E-state index contributed by atoms with van der Waals surface area (Å²) in [6.07, 6.45) is 5.29. The van der Waals surface area contributed by atoms with E-state index in [1.54, 1.807) is 24.3 Å². The maximum absolute atomic E-state index is 13.0. The van der Waals surface area contributed by atoms with Crippen molar-refractivity contribution in [2.45, 2.75) is 6.54 Å². The van der Waals surface area contributed by atoms with Crippen LogP contribution in [0.4, 0.5) is 14.9 Å². The monoisotopic (exact) mass is 382 g/mol. The Morgan fingerprint density at radius 1 is 1.04 bits per heavy atom. The van der Waals surface area contributed by atoms with Gasteiger partial charge in [-0.15, -0.1) is 0 Å². The molecular weight excluding hydrogens is 363 g/mol. The minimum absolute atomic E-state index is 0.137. The normalized spacial score (nSPS) is 16.0. The molecule has 0 saturated carbocycles. The molecule has 1 fully saturated rings. The number of hydrogen-bond acceptors (Lipinski definition) is 4. The minimum atomic E-state index is -0.350. The molecular formula is C21H19FN2O2S. The number of carbonyl (C=O) groups is 2. The zero-order chi connectivity index (χ0) is 19.4. The van der Waals surface area contributed by atoms with E-state index in [0.29, 0.717) is 10.5 Å². The largest absolute Gasteiger partial charge is 0.378 e. The summed E-state index contributed by atoms with van der Waals surface area (Å²) in [7, 11) is 3.96. The highest BCUT2D eigenvalue weighted by Crippen LogP contribution is 2.31. The molecule has 0 bridgehead atoms. The first-order valence-corrected chi connectivity index (χ1v) is 9.19. The van der Waals surface area contributed by atoms with Gasteiger partial charge < -0.3 is 4.90 Å². The topological polar surface area (TPSA) is 40.6 Å². The maximum Gasteiger partial charge on any atom is 0.293 e. The van der Waals surface area contributed by atoms with Gasteiger partial charge in [-0.2, -0.15) is 0 Å². The molecule has 2 aromatic rings. The van der Waals surface area contributed by atoms with Gasteiger partial charge in [0.2, 0.25) is 0 Å². The number of halogens is 1. The maximum atomic E-state index is 13.0. The summed E-state index contributed by atoms with van der Waals surface area (Å²) in [5, 5.41) is -0.320. The van der Waals surface area contributed by atoms with Gasteiger partial charge in [0.15, 0.2) is 0 Å². The molecule has 6 heteroatoms. The van der Waals surface area contributed by atoms with E-state index in [0.717, 1.165) is 23.0 Å². The molecule has 0 N–H and O–H groups in total. The van der Waals surface area contributed by atoms with Gasteiger partial charge in [-0.05, 0) is 53.2 Å². The number of rotatable bonds is 5. The van der Waals surface area contributed by atoms with Crippen molar-refractivity contribution in [2.24, 2.45) is 0 Å². The van der Waals surface area contributed by atoms with Gasteiger partial charge in [0.25, 0.3) is 11.1 Å². The lowest BCUT2D eigenvalue weighted by molar-refractivity contribution is -0.123. The van der Waals surface area contributed by atoms with Crippen molar-refractivity contribution >= 4 is 34.7 Å². The molecule has 0 aliphatic carbocycles. The highest BCUT2D eigenvalue weighted by molar-refractivity contribution is 8.18. The minimum Gasteiger partial charge on any atom is -0.378 e. The van der Waals surface area contributed by atoms with Gasteiger partial charge in [0, 0.05) is 19.8 Å². The first-order chi connectivity index (χ1) is 12.9. The smallest absolute Gasteiger partial charge is 0.293 e. The predicted molar refractivity (Wildman–Crippen MR) is 108 cm³/mol. The molecule has 2 amide bonds. The van der Waals surface area contributed by atoms with E-state index >= 15 is 0 Å². The Morgan fingerprint density at radius 2 is 1.70 bits per heavy atom. The van der Waals surface area contributed by atoms with Crippen molar-refractivity contribution in [1.82, 2.24) is 4.90 Å². The van der Waals surface area contributed by atoms with Crippen LogP contribution in [0.2, 0.25) is 0 Å². The number of amides is 2. The second kappa shape index (κ2) is 8.22. The van der Waals surface area contributed by atoms with E-state index in [2.05, 4.69) is 0 Å². The second-order valence-corrected chi connectivity index (χ2v) is 7.25. The molecule has 1 aliphatic rings. The molecule has 1 aliphatic heterocycles. The van der Waals surface area contributed by atoms with Gasteiger partial charge in [-0.25, -0.2) is 4.39 Å². The summed E-state index contributed by atoms with van der Waals surface area (Å²) in [5.74, 6) is -0.682. The Hall–Kier alpha value is -2.86. The van der Waals surface area contributed by atoms with Crippen molar-refractivity contribution < 1.29 is 14.0 Å². The molecule has 0 unspecified atom stereocenters. The van der Waals surface area contributed by atoms with E-state index in [9.17, 15) is 14.0 Å². The first-order valence-electron chi connectivity index (χ1n) is 8.38. The summed E-state index contributed by atoms with van der Waals surface area (Å²) in [6, 6.07) is 13.8. The van der Waals surface area contributed by atoms with Crippen LogP contribution in [0.1, 0.15) is 11.1 Å². The fourth-order valence-electron chi connectivity index (χ4n) is 2.55. The van der Waals surface area contributed by atoms with Crippen LogP contribution in [0.3, 0.4) is 0 Å². The number of thioether (sulfide) groups is 1. The number of benzene rings is 2. The second-order valence-electron chi connectivity index (χ2n) is 6.26. The van der Waals surface area contributed by atoms with E-state index in [1.165, 1.54) is 17.0 Å². The molecule has 27 heavy (non-hydrogen) atoms. The molecule has 0 radical (unpaired) electrons. The lowest BCUT2D eigenvalue weighted by Gasteiger charge is -2.12. The van der Waals surface area contributed by atoms with Crippen LogP contribution in [0, 0.1) is 5.82 Å². The Balaban J connectivity index is 1.67. The van der Waals surface area contributed by atoms with Gasteiger partial charge >= 0.3 is 0 Å². The molecule has 3 rings (SSSR count). The molecule has 0 aromatic heterocycles. The number of allylic oxidation sites excluding steroid dienone is 2. The Bertz CT molecular complexity index is 903. The summed E-state index contributed by atoms with van der Waals surface area (Å²) in [4.78, 5) is 28.1. The van der Waals surface area contributed by atoms with E-state index in [1.807, 2.05) is 49.3 Å². The van der Waals surface area contributed by atoms with Crippen LogP contribution in [0.15, 0.2) is 65.6 Å². The summed E-state index contributed by atoms with van der Waals surface area (Å²) < 4.78 is 13.0. The highest BCUT2D eigenvalue weighted by atomic mass is 32.2. The average Bonchev–Trinajstić information content (AvgIpc) is 2.91. The van der Waals surface area contributed by atoms with Gasteiger partial charge in [-0.1, -0.05) is 36.4 Å². The van der Waals surface area contributed by atoms with E-state index in [4.69, 9.17) is 0 Å². The number of anilines is 1. The number of hydrogen-bond donors (Lipinski definition) is 0. The van der Waals surface area contributed by atoms with Crippen LogP contribution >= 0.6 is 11.8 Å². The van der Waals surface area contributed by atoms with Crippen molar-refractivity contribution in [3.8, 4) is 0 Å². The van der Waals surface area contributed by atoms with Crippen molar-refractivity contribution in [3.63, 3.8) is 0 Å². The molecule has 0 atom stereocenters. The number of imide groups is 1. The lowest BCUT2D eigenvalue weighted by atomic mass is 10.2. The zero-order valence-electron chi connectivity index (χ0n) is 15.1. The standard InChI is InChI=1S/C21H19FN2O2S/c1-23(2)18-12-8-15(9-13-18)4-3-5-19-20(25)24(21(26)27-19)14-16-6-10-17(22)11-7-16/h3-13H,14H2,1-2H3/b4-3+,19-5-. The molecule has 1 heterocycles. The van der Waals surface area contributed by atoms with Gasteiger partial charge in [-0.3, -0.25) is 14.5 Å². The Kier molecular flexibility index (Phi) is 5.76. The van der Waals surface area contributed by atoms with Gasteiger partial charge in [0.05, 0.1) is 11.4 Å². The fraction of sp³-hybridized carbons (Fsp3) is 0.143. The van der Waals surface area contributed by atoms with Crippen LogP contribution in [0.5, 0.6) is 0 Å². The molecule has 138 valence electrons. The number of carbonyl (C=O) groups excluding carboxylic acids is 2. The molecule has 1 saturated heterocycles. The average molecular weight is 382 g/mol. The Labute approximate surface area is 162 Å². The van der Waals surface area contributed by atoms with Crippen molar-refractivity contribution in [3.05, 3.63) is 82.5 Å². The Morgan fingerprint density at radius 3 is 2.33 bits per heavy atom. The lowest BCUT2D eigenvalue weighted by Crippen LogP contribution is -2.27.